The third kappa shape index (κ3) is 7.01. The third-order valence-electron chi connectivity index (χ3n) is 5.96. The zero-order chi connectivity index (χ0) is 23.8. The van der Waals surface area contributed by atoms with Crippen molar-refractivity contribution in [3.05, 3.63) is 29.7 Å². The quantitative estimate of drug-likeness (QED) is 0.345. The van der Waals surface area contributed by atoms with Crippen LogP contribution in [0.5, 0.6) is 5.75 Å². The minimum Gasteiger partial charge on any atom is -0.506 e. The van der Waals surface area contributed by atoms with Crippen molar-refractivity contribution in [2.24, 2.45) is 29.3 Å². The van der Waals surface area contributed by atoms with Crippen LogP contribution in [0.25, 0.3) is 5.70 Å². The predicted octanol–water partition coefficient (Wildman–Crippen LogP) is 2.21. The number of nitrogens with zero attached hydrogens (tertiary/aromatic N) is 3. The first kappa shape index (κ1) is 25.3. The van der Waals surface area contributed by atoms with Crippen LogP contribution >= 0.6 is 0 Å². The predicted molar refractivity (Wildman–Crippen MR) is 120 cm³/mol. The average Bonchev–Trinajstić information content (AvgIpc) is 3.14. The van der Waals surface area contributed by atoms with E-state index in [-0.39, 0.29) is 18.1 Å². The molecule has 2 unspecified atom stereocenters. The number of hydrogen-bond acceptors (Lipinski definition) is 8. The first-order valence-electron chi connectivity index (χ1n) is 10.9. The molecule has 3 rings (SSSR count). The lowest BCUT2D eigenvalue weighted by molar-refractivity contribution is -0.137. The Morgan fingerprint density at radius 3 is 2.41 bits per heavy atom. The summed E-state index contributed by atoms with van der Waals surface area (Å²) >= 11 is 0. The van der Waals surface area contributed by atoms with Crippen molar-refractivity contribution in [3.8, 4) is 5.75 Å². The fourth-order valence-corrected chi connectivity index (χ4v) is 4.20. The number of aromatic nitrogens is 1. The first-order chi connectivity index (χ1) is 15.1. The van der Waals surface area contributed by atoms with Gasteiger partial charge in [-0.1, -0.05) is 13.3 Å². The van der Waals surface area contributed by atoms with Crippen LogP contribution in [-0.2, 0) is 9.53 Å². The van der Waals surface area contributed by atoms with Crippen LogP contribution in [0.3, 0.4) is 0 Å². The standard InChI is InChI=1S/C14H23N5O3.C8H12O2/c1-4-7-18(2)14(21)22-9-12(19(3)16)13(15)11-6-5-10(20)8-17-11;9-8(10)4-7-5-2-1-3-6(5)7/h5-6,8,20H,4,7,9,15-16H2,1-3H3;5-7H,1-4H2,(H,9,10)/b13-12-;. The van der Waals surface area contributed by atoms with E-state index in [1.54, 1.807) is 20.2 Å². The van der Waals surface area contributed by atoms with Gasteiger partial charge in [-0.25, -0.2) is 10.6 Å². The number of amides is 1. The van der Waals surface area contributed by atoms with Crippen molar-refractivity contribution < 1.29 is 24.5 Å². The molecular weight excluding hydrogens is 414 g/mol. The number of carbonyl (C=O) groups is 2. The summed E-state index contributed by atoms with van der Waals surface area (Å²) < 4.78 is 5.20. The minimum atomic E-state index is -0.612. The molecule has 0 aliphatic heterocycles. The molecule has 0 bridgehead atoms. The summed E-state index contributed by atoms with van der Waals surface area (Å²) in [4.78, 5) is 27.6. The maximum Gasteiger partial charge on any atom is 0.409 e. The van der Waals surface area contributed by atoms with Gasteiger partial charge in [0.2, 0.25) is 0 Å². The van der Waals surface area contributed by atoms with E-state index in [9.17, 15) is 14.7 Å². The molecule has 2 aliphatic rings. The van der Waals surface area contributed by atoms with E-state index in [1.165, 1.54) is 41.4 Å². The number of ether oxygens (including phenoxy) is 1. The monoisotopic (exact) mass is 449 g/mol. The van der Waals surface area contributed by atoms with Gasteiger partial charge in [0.05, 0.1) is 23.3 Å². The molecule has 0 saturated heterocycles. The van der Waals surface area contributed by atoms with Gasteiger partial charge in [0.1, 0.15) is 12.4 Å². The number of carboxylic acid groups (broad SMARTS) is 1. The number of hydrogen-bond donors (Lipinski definition) is 4. The molecule has 10 heteroatoms. The summed E-state index contributed by atoms with van der Waals surface area (Å²) in [6.07, 6.45) is 6.02. The molecule has 6 N–H and O–H groups in total. The highest BCUT2D eigenvalue weighted by Gasteiger charge is 2.52. The number of carbonyl (C=O) groups excluding carboxylic acids is 1. The lowest BCUT2D eigenvalue weighted by Crippen LogP contribution is -2.34. The second-order valence-electron chi connectivity index (χ2n) is 8.37. The van der Waals surface area contributed by atoms with Crippen molar-refractivity contribution in [2.45, 2.75) is 39.0 Å². The SMILES string of the molecule is CCCN(C)C(=O)OC/C(=C(/N)c1ccc(O)cn1)N(C)N.O=C(O)CC1C2CCCC21. The third-order valence-corrected chi connectivity index (χ3v) is 5.96. The lowest BCUT2D eigenvalue weighted by Gasteiger charge is -2.21. The van der Waals surface area contributed by atoms with Gasteiger partial charge in [-0.15, -0.1) is 0 Å². The van der Waals surface area contributed by atoms with Gasteiger partial charge in [-0.2, -0.15) is 0 Å². The highest BCUT2D eigenvalue weighted by molar-refractivity contribution is 5.68. The molecule has 0 radical (unpaired) electrons. The fraction of sp³-hybridized carbons (Fsp3) is 0.591. The van der Waals surface area contributed by atoms with Crippen molar-refractivity contribution >= 4 is 17.8 Å². The molecule has 1 aromatic rings. The molecule has 2 aliphatic carbocycles. The summed E-state index contributed by atoms with van der Waals surface area (Å²) in [7, 11) is 3.25. The Bertz CT molecular complexity index is 801. The Morgan fingerprint density at radius 1 is 1.25 bits per heavy atom. The summed E-state index contributed by atoms with van der Waals surface area (Å²) in [5.41, 5.74) is 7.14. The smallest absolute Gasteiger partial charge is 0.409 e. The van der Waals surface area contributed by atoms with Crippen LogP contribution in [-0.4, -0.2) is 64.4 Å². The Hall–Kier alpha value is -3.01. The van der Waals surface area contributed by atoms with Crippen molar-refractivity contribution in [1.29, 1.82) is 0 Å². The van der Waals surface area contributed by atoms with Gasteiger partial charge in [0.15, 0.2) is 0 Å². The lowest BCUT2D eigenvalue weighted by atomic mass is 10.1. The van der Waals surface area contributed by atoms with Crippen LogP contribution in [0, 0.1) is 17.8 Å². The van der Waals surface area contributed by atoms with Crippen LogP contribution < -0.4 is 11.6 Å². The van der Waals surface area contributed by atoms with E-state index in [0.29, 0.717) is 30.3 Å². The van der Waals surface area contributed by atoms with E-state index < -0.39 is 12.1 Å². The number of aliphatic carboxylic acids is 1. The zero-order valence-corrected chi connectivity index (χ0v) is 19.0. The molecule has 1 aromatic heterocycles. The molecule has 2 fully saturated rings. The number of hydrazine groups is 1. The molecule has 0 spiro atoms. The molecule has 0 aromatic carbocycles. The molecule has 1 amide bonds. The van der Waals surface area contributed by atoms with Gasteiger partial charge in [-0.05, 0) is 49.1 Å². The maximum absolute atomic E-state index is 11.8. The fourth-order valence-electron chi connectivity index (χ4n) is 4.20. The Kier molecular flexibility index (Phi) is 9.13. The highest BCUT2D eigenvalue weighted by atomic mass is 16.6. The first-order valence-corrected chi connectivity index (χ1v) is 10.9. The average molecular weight is 450 g/mol. The van der Waals surface area contributed by atoms with Gasteiger partial charge in [0.25, 0.3) is 0 Å². The largest absolute Gasteiger partial charge is 0.506 e. The van der Waals surface area contributed by atoms with Crippen LogP contribution in [0.1, 0.15) is 44.7 Å². The number of likely N-dealkylation sites (N-methyl/N-ethyl adjacent to an activating group) is 1. The summed E-state index contributed by atoms with van der Waals surface area (Å²) in [6, 6.07) is 3.02. The van der Waals surface area contributed by atoms with Crippen molar-refractivity contribution in [2.75, 3.05) is 27.2 Å². The second kappa shape index (κ2) is 11.6. The van der Waals surface area contributed by atoms with Crippen molar-refractivity contribution in [1.82, 2.24) is 14.9 Å². The van der Waals surface area contributed by atoms with Gasteiger partial charge in [0, 0.05) is 27.1 Å². The topological polar surface area (TPSA) is 155 Å². The molecule has 2 saturated carbocycles. The normalized spacial score (nSPS) is 21.4. The van der Waals surface area contributed by atoms with Crippen molar-refractivity contribution in [3.63, 3.8) is 0 Å². The van der Waals surface area contributed by atoms with E-state index in [2.05, 4.69) is 4.98 Å². The Morgan fingerprint density at radius 2 is 1.91 bits per heavy atom. The molecule has 10 nitrogen and oxygen atoms in total. The van der Waals surface area contributed by atoms with Gasteiger partial charge >= 0.3 is 12.1 Å². The number of rotatable bonds is 8. The number of fused-ring (bicyclic) bond motifs is 1. The Labute approximate surface area is 188 Å². The summed E-state index contributed by atoms with van der Waals surface area (Å²) in [5, 5.41) is 19.0. The maximum atomic E-state index is 11.8. The van der Waals surface area contributed by atoms with E-state index in [0.717, 1.165) is 18.3 Å². The molecule has 1 heterocycles. The second-order valence-corrected chi connectivity index (χ2v) is 8.37. The molecule has 2 atom stereocenters. The van der Waals surface area contributed by atoms with Gasteiger partial charge in [-0.3, -0.25) is 9.78 Å². The zero-order valence-electron chi connectivity index (χ0n) is 19.0. The summed E-state index contributed by atoms with van der Waals surface area (Å²) in [6.45, 7) is 2.50. The van der Waals surface area contributed by atoms with E-state index in [1.807, 2.05) is 6.92 Å². The van der Waals surface area contributed by atoms with E-state index >= 15 is 0 Å². The highest BCUT2D eigenvalue weighted by Crippen LogP contribution is 2.58. The molecule has 178 valence electrons. The van der Waals surface area contributed by atoms with E-state index in [4.69, 9.17) is 21.4 Å². The summed E-state index contributed by atoms with van der Waals surface area (Å²) in [5.74, 6) is 7.33. The number of nitrogens with two attached hydrogens (primary N) is 2. The van der Waals surface area contributed by atoms with Crippen LogP contribution in [0.2, 0.25) is 0 Å². The molecule has 32 heavy (non-hydrogen) atoms. The minimum absolute atomic E-state index is 0.0341. The number of aromatic hydroxyl groups is 1. The van der Waals surface area contributed by atoms with Crippen LogP contribution in [0.4, 0.5) is 4.79 Å². The van der Waals surface area contributed by atoms with Crippen LogP contribution in [0.15, 0.2) is 24.0 Å². The molecular formula is C22H35N5O5. The number of pyridine rings is 1. The van der Waals surface area contributed by atoms with Gasteiger partial charge < -0.3 is 30.6 Å². The Balaban J connectivity index is 0.000000297. The number of carboxylic acids is 1.